The summed E-state index contributed by atoms with van der Waals surface area (Å²) in [7, 11) is 0. The van der Waals surface area contributed by atoms with Gasteiger partial charge in [0.05, 0.1) is 11.8 Å². The number of allylic oxidation sites excluding steroid dienone is 2. The Morgan fingerprint density at radius 2 is 1.61 bits per heavy atom. The number of nitrogens with one attached hydrogen (secondary N) is 1. The number of fused-ring (bicyclic) bond motifs is 7. The second-order valence-corrected chi connectivity index (χ2v) is 19.9. The Bertz CT molecular complexity index is 1540. The third-order valence-electron chi connectivity index (χ3n) is 16.2. The number of rotatable bonds is 11. The van der Waals surface area contributed by atoms with Gasteiger partial charge >= 0.3 is 11.9 Å². The van der Waals surface area contributed by atoms with Crippen molar-refractivity contribution in [3.63, 3.8) is 0 Å². The van der Waals surface area contributed by atoms with E-state index in [1.54, 1.807) is 19.4 Å². The van der Waals surface area contributed by atoms with Crippen molar-refractivity contribution >= 4 is 17.7 Å². The fourth-order valence-corrected chi connectivity index (χ4v) is 13.2. The first-order chi connectivity index (χ1) is 23.8. The smallest absolute Gasteiger partial charge is 0.309 e. The molecule has 6 nitrogen and oxygen atoms in total. The van der Waals surface area contributed by atoms with Crippen LogP contribution in [0.25, 0.3) is 0 Å². The summed E-state index contributed by atoms with van der Waals surface area (Å²) < 4.78 is 6.18. The quantitative estimate of drug-likeness (QED) is 0.176. The van der Waals surface area contributed by atoms with Crippen molar-refractivity contribution in [1.82, 2.24) is 5.32 Å². The highest BCUT2D eigenvalue weighted by molar-refractivity contribution is 6.00. The predicted molar refractivity (Wildman–Crippen MR) is 203 cm³/mol. The third kappa shape index (κ3) is 6.25. The van der Waals surface area contributed by atoms with Crippen molar-refractivity contribution in [2.45, 2.75) is 145 Å². The third-order valence-corrected chi connectivity index (χ3v) is 16.2. The molecule has 0 unspecified atom stereocenters. The number of ether oxygens (including phenoxy) is 1. The van der Waals surface area contributed by atoms with E-state index in [2.05, 4.69) is 84.1 Å². The van der Waals surface area contributed by atoms with E-state index in [4.69, 9.17) is 4.74 Å². The van der Waals surface area contributed by atoms with Crippen LogP contribution in [0.15, 0.2) is 41.5 Å². The monoisotopic (exact) mass is 702 g/mol. The molecule has 0 aromatic heterocycles. The Morgan fingerprint density at radius 3 is 2.27 bits per heavy atom. The number of ketones is 1. The molecule has 5 aliphatic carbocycles. The van der Waals surface area contributed by atoms with Gasteiger partial charge in [0.2, 0.25) is 0 Å². The Kier molecular flexibility index (Phi) is 10.1. The van der Waals surface area contributed by atoms with E-state index in [0.29, 0.717) is 30.0 Å². The minimum atomic E-state index is -1.14. The maximum Gasteiger partial charge on any atom is 0.309 e. The van der Waals surface area contributed by atoms with Crippen LogP contribution in [0, 0.1) is 56.2 Å². The van der Waals surface area contributed by atoms with Gasteiger partial charge in [0.25, 0.3) is 0 Å². The Labute approximate surface area is 308 Å². The van der Waals surface area contributed by atoms with Crippen LogP contribution in [-0.2, 0) is 25.5 Å². The van der Waals surface area contributed by atoms with E-state index in [1.165, 1.54) is 24.0 Å². The lowest BCUT2D eigenvalue weighted by atomic mass is 9.33. The summed E-state index contributed by atoms with van der Waals surface area (Å²) in [6.45, 7) is 22.0. The Balaban J connectivity index is 1.22. The largest absolute Gasteiger partial charge is 0.481 e. The average molecular weight is 702 g/mol. The van der Waals surface area contributed by atoms with E-state index in [1.807, 2.05) is 0 Å². The second-order valence-electron chi connectivity index (χ2n) is 19.9. The van der Waals surface area contributed by atoms with Crippen molar-refractivity contribution in [1.29, 1.82) is 0 Å². The summed E-state index contributed by atoms with van der Waals surface area (Å²) in [5.74, 6) is 0.738. The van der Waals surface area contributed by atoms with Crippen LogP contribution in [0.5, 0.6) is 0 Å². The van der Waals surface area contributed by atoms with Gasteiger partial charge in [-0.1, -0.05) is 84.4 Å². The summed E-state index contributed by atoms with van der Waals surface area (Å²) >= 11 is 0. The number of esters is 1. The molecule has 4 saturated carbocycles. The minimum absolute atomic E-state index is 0.00988. The van der Waals surface area contributed by atoms with Gasteiger partial charge in [-0.05, 0) is 142 Å². The summed E-state index contributed by atoms with van der Waals surface area (Å²) in [5, 5.41) is 13.4. The first-order valence-electron chi connectivity index (χ1n) is 20.3. The molecule has 1 aromatic rings. The van der Waals surface area contributed by atoms with Gasteiger partial charge in [-0.3, -0.25) is 14.4 Å². The number of hydrogen-bond donors (Lipinski definition) is 2. The van der Waals surface area contributed by atoms with Gasteiger partial charge in [0.15, 0.2) is 5.78 Å². The number of Topliss-reactive ketones (excluding diaryl/α,β-unsaturated/α-hetero) is 1. The molecule has 2 N–H and O–H groups in total. The molecule has 0 saturated heterocycles. The summed E-state index contributed by atoms with van der Waals surface area (Å²) in [6, 6.07) is 10.7. The van der Waals surface area contributed by atoms with Crippen molar-refractivity contribution in [2.75, 3.05) is 13.1 Å². The SMILES string of the molecule is CC(C)C1=C2[C@H]3CC[C@@H]4[C@@]5(C)CC[C@H](OC(=O)CC(C)(C)C(=O)O)C(C)(C)[C@@H]5CC[C@@]4(C)[C@]3(C)CC[C@@]2(CCNCCc2ccccc2)CC1=O. The lowest BCUT2D eigenvalue weighted by Crippen LogP contribution is -2.65. The Morgan fingerprint density at radius 1 is 0.902 bits per heavy atom. The van der Waals surface area contributed by atoms with Crippen LogP contribution < -0.4 is 5.32 Å². The molecule has 6 rings (SSSR count). The lowest BCUT2D eigenvalue weighted by Gasteiger charge is -2.72. The summed E-state index contributed by atoms with van der Waals surface area (Å²) in [6.07, 6.45) is 11.2. The van der Waals surface area contributed by atoms with Gasteiger partial charge in [0, 0.05) is 17.3 Å². The fraction of sp³-hybridized carbons (Fsp3) is 0.756. The number of carboxylic acids is 1. The standard InChI is InChI=1S/C45H67NO5/c1-29(2)37-32(47)27-45(24-26-46-25-19-30-13-11-10-12-14-30)23-22-43(8)31(38(37)45)15-16-34-42(7)20-18-35(51-36(48)28-40(3,4)39(49)50)41(5,6)33(42)17-21-44(34,43)9/h10-14,29,31,33-35,46H,15-28H2,1-9H3,(H,49,50)/t31-,33+,34-,35+,42+,43-,44-,45-/m1/s1. The van der Waals surface area contributed by atoms with Crippen molar-refractivity contribution in [2.24, 2.45) is 56.2 Å². The maximum atomic E-state index is 14.0. The molecule has 5 aliphatic rings. The van der Waals surface area contributed by atoms with E-state index in [-0.39, 0.29) is 45.5 Å². The van der Waals surface area contributed by atoms with Gasteiger partial charge in [0.1, 0.15) is 6.10 Å². The molecule has 282 valence electrons. The van der Waals surface area contributed by atoms with Gasteiger partial charge in [-0.15, -0.1) is 0 Å². The van der Waals surface area contributed by atoms with Crippen LogP contribution in [0.2, 0.25) is 0 Å². The normalized spacial score (nSPS) is 37.3. The van der Waals surface area contributed by atoms with Crippen LogP contribution in [-0.4, -0.2) is 42.0 Å². The van der Waals surface area contributed by atoms with Gasteiger partial charge in [-0.2, -0.15) is 0 Å². The highest BCUT2D eigenvalue weighted by Crippen LogP contribution is 2.77. The summed E-state index contributed by atoms with van der Waals surface area (Å²) in [5.41, 5.74) is 3.17. The van der Waals surface area contributed by atoms with E-state index >= 15 is 0 Å². The average Bonchev–Trinajstić information content (AvgIpc) is 3.35. The zero-order valence-electron chi connectivity index (χ0n) is 33.3. The Hall–Kier alpha value is -2.47. The van der Waals surface area contributed by atoms with E-state index < -0.39 is 17.4 Å². The van der Waals surface area contributed by atoms with Crippen molar-refractivity contribution < 1.29 is 24.2 Å². The molecule has 8 atom stereocenters. The fourth-order valence-electron chi connectivity index (χ4n) is 13.2. The van der Waals surface area contributed by atoms with Gasteiger partial charge in [-0.25, -0.2) is 0 Å². The molecule has 1 aromatic carbocycles. The highest BCUT2D eigenvalue weighted by atomic mass is 16.5. The number of carboxylic acid groups (broad SMARTS) is 1. The highest BCUT2D eigenvalue weighted by Gasteiger charge is 2.70. The molecule has 51 heavy (non-hydrogen) atoms. The van der Waals surface area contributed by atoms with E-state index in [0.717, 1.165) is 64.5 Å². The topological polar surface area (TPSA) is 92.7 Å². The molecule has 6 heteroatoms. The van der Waals surface area contributed by atoms with Crippen LogP contribution in [0.1, 0.15) is 139 Å². The molecule has 0 spiro atoms. The molecular weight excluding hydrogens is 634 g/mol. The number of hydrogen-bond acceptors (Lipinski definition) is 5. The molecule has 0 heterocycles. The number of carbonyl (C=O) groups is 3. The first kappa shape index (κ1) is 38.3. The van der Waals surface area contributed by atoms with Crippen LogP contribution >= 0.6 is 0 Å². The number of aliphatic carboxylic acids is 1. The molecule has 0 bridgehead atoms. The maximum absolute atomic E-state index is 14.0. The molecular formula is C45H67NO5. The number of benzene rings is 1. The number of carbonyl (C=O) groups excluding carboxylic acids is 2. The first-order valence-corrected chi connectivity index (χ1v) is 20.3. The van der Waals surface area contributed by atoms with Crippen molar-refractivity contribution in [3.8, 4) is 0 Å². The molecule has 0 radical (unpaired) electrons. The van der Waals surface area contributed by atoms with Crippen molar-refractivity contribution in [3.05, 3.63) is 47.0 Å². The minimum Gasteiger partial charge on any atom is -0.481 e. The predicted octanol–water partition coefficient (Wildman–Crippen LogP) is 9.60. The van der Waals surface area contributed by atoms with Gasteiger partial charge < -0.3 is 15.2 Å². The summed E-state index contributed by atoms with van der Waals surface area (Å²) in [4.78, 5) is 38.8. The molecule has 0 amide bonds. The zero-order valence-corrected chi connectivity index (χ0v) is 33.3. The lowest BCUT2D eigenvalue weighted by molar-refractivity contribution is -0.233. The molecule has 0 aliphatic heterocycles. The van der Waals surface area contributed by atoms with Crippen LogP contribution in [0.3, 0.4) is 0 Å². The zero-order chi connectivity index (χ0) is 37.2. The second kappa shape index (κ2) is 13.4. The van der Waals surface area contributed by atoms with Crippen LogP contribution in [0.4, 0.5) is 0 Å². The molecule has 4 fully saturated rings. The van der Waals surface area contributed by atoms with E-state index in [9.17, 15) is 19.5 Å².